The number of imide groups is 1. The number of carbonyl (C=O) groups excluding carboxylic acids is 2. The van der Waals surface area contributed by atoms with Crippen LogP contribution in [0.5, 0.6) is 5.75 Å². The fourth-order valence-electron chi connectivity index (χ4n) is 4.02. The lowest BCUT2D eigenvalue weighted by atomic mass is 10.1. The van der Waals surface area contributed by atoms with Gasteiger partial charge in [-0.3, -0.25) is 9.69 Å². The fourth-order valence-corrected chi connectivity index (χ4v) is 4.63. The zero-order valence-electron chi connectivity index (χ0n) is 18.5. The van der Waals surface area contributed by atoms with Crippen molar-refractivity contribution in [3.63, 3.8) is 0 Å². The second-order valence-electron chi connectivity index (χ2n) is 8.11. The Bertz CT molecular complexity index is 1440. The number of rotatable bonds is 6. The molecule has 1 saturated heterocycles. The van der Waals surface area contributed by atoms with E-state index in [2.05, 4.69) is 5.32 Å². The largest absolute Gasteiger partial charge is 0.486 e. The Balaban J connectivity index is 1.34. The second-order valence-corrected chi connectivity index (χ2v) is 8.92. The van der Waals surface area contributed by atoms with Crippen molar-refractivity contribution in [1.82, 2.24) is 10.2 Å². The van der Waals surface area contributed by atoms with E-state index in [1.54, 1.807) is 18.2 Å². The van der Waals surface area contributed by atoms with Crippen LogP contribution in [0, 0.1) is 0 Å². The van der Waals surface area contributed by atoms with Gasteiger partial charge in [-0.05, 0) is 45.7 Å². The second kappa shape index (κ2) is 9.82. The molecule has 174 valence electrons. The van der Waals surface area contributed by atoms with Crippen LogP contribution in [0.3, 0.4) is 0 Å². The average molecular weight is 503 g/mol. The number of hydrogen-bond donors (Lipinski definition) is 1. The first-order valence-electron chi connectivity index (χ1n) is 11.0. The van der Waals surface area contributed by atoms with Crippen LogP contribution in [0.15, 0.2) is 90.6 Å². The van der Waals surface area contributed by atoms with Crippen molar-refractivity contribution < 1.29 is 14.3 Å². The molecule has 7 heteroatoms. The van der Waals surface area contributed by atoms with Crippen LogP contribution in [-0.4, -0.2) is 16.8 Å². The van der Waals surface area contributed by atoms with Gasteiger partial charge in [-0.1, -0.05) is 96.0 Å². The van der Waals surface area contributed by atoms with Crippen LogP contribution >= 0.6 is 23.2 Å². The normalized spacial score (nSPS) is 14.6. The zero-order valence-corrected chi connectivity index (χ0v) is 20.0. The highest BCUT2D eigenvalue weighted by molar-refractivity contribution is 6.37. The minimum atomic E-state index is -0.475. The third kappa shape index (κ3) is 4.87. The Labute approximate surface area is 212 Å². The lowest BCUT2D eigenvalue weighted by molar-refractivity contribution is -0.123. The molecule has 0 spiro atoms. The monoisotopic (exact) mass is 502 g/mol. The highest BCUT2D eigenvalue weighted by Crippen LogP contribution is 2.36. The van der Waals surface area contributed by atoms with Crippen LogP contribution in [0.2, 0.25) is 10.0 Å². The molecular formula is C28H20Cl2N2O3. The average Bonchev–Trinajstić information content (AvgIpc) is 3.11. The molecule has 5 rings (SSSR count). The highest BCUT2D eigenvalue weighted by Gasteiger charge is 2.33. The van der Waals surface area contributed by atoms with Crippen molar-refractivity contribution in [2.75, 3.05) is 0 Å². The predicted octanol–water partition coefficient (Wildman–Crippen LogP) is 6.82. The number of urea groups is 1. The summed E-state index contributed by atoms with van der Waals surface area (Å²) in [5, 5.41) is 5.46. The summed E-state index contributed by atoms with van der Waals surface area (Å²) in [5.74, 6) is -0.0571. The molecular weight excluding hydrogens is 483 g/mol. The maximum absolute atomic E-state index is 12.8. The first kappa shape index (κ1) is 23.0. The summed E-state index contributed by atoms with van der Waals surface area (Å²) in [6.07, 6.45) is 1.55. The Hall–Kier alpha value is -3.80. The van der Waals surface area contributed by atoms with E-state index in [0.717, 1.165) is 26.8 Å². The molecule has 4 aromatic carbocycles. The molecule has 3 amide bonds. The van der Waals surface area contributed by atoms with Crippen molar-refractivity contribution >= 4 is 52.0 Å². The van der Waals surface area contributed by atoms with Gasteiger partial charge in [0.2, 0.25) is 0 Å². The van der Waals surface area contributed by atoms with Gasteiger partial charge in [0.1, 0.15) is 12.3 Å². The number of benzene rings is 4. The smallest absolute Gasteiger partial charge is 0.329 e. The first-order valence-corrected chi connectivity index (χ1v) is 11.7. The molecule has 0 radical (unpaired) electrons. The van der Waals surface area contributed by atoms with E-state index in [9.17, 15) is 9.59 Å². The minimum Gasteiger partial charge on any atom is -0.486 e. The number of fused-ring (bicyclic) bond motifs is 1. The molecule has 5 nitrogen and oxygen atoms in total. The highest BCUT2D eigenvalue weighted by atomic mass is 35.5. The summed E-state index contributed by atoms with van der Waals surface area (Å²) in [7, 11) is 0. The third-order valence-corrected chi connectivity index (χ3v) is 6.29. The summed E-state index contributed by atoms with van der Waals surface area (Å²) in [6, 6.07) is 26.2. The van der Waals surface area contributed by atoms with Crippen molar-refractivity contribution in [1.29, 1.82) is 0 Å². The molecule has 1 N–H and O–H groups in total. The molecule has 0 atom stereocenters. The SMILES string of the molecule is O=C1N/C(=C/c2cc(Cl)c(OCc3cccc4ccccc34)c(Cl)c2)C(=O)N1Cc1ccccc1. The molecule has 0 aromatic heterocycles. The van der Waals surface area contributed by atoms with Gasteiger partial charge in [-0.2, -0.15) is 0 Å². The van der Waals surface area contributed by atoms with Gasteiger partial charge in [0, 0.05) is 0 Å². The van der Waals surface area contributed by atoms with Crippen LogP contribution in [0.4, 0.5) is 4.79 Å². The maximum Gasteiger partial charge on any atom is 0.329 e. The van der Waals surface area contributed by atoms with Crippen LogP contribution in [0.1, 0.15) is 16.7 Å². The summed E-state index contributed by atoms with van der Waals surface area (Å²) < 4.78 is 5.98. The summed E-state index contributed by atoms with van der Waals surface area (Å²) in [5.41, 5.74) is 2.60. The number of halogens is 2. The van der Waals surface area contributed by atoms with E-state index in [-0.39, 0.29) is 12.2 Å². The van der Waals surface area contributed by atoms with E-state index in [1.807, 2.05) is 72.8 Å². The first-order chi connectivity index (χ1) is 17.0. The molecule has 0 unspecified atom stereocenters. The quantitative estimate of drug-likeness (QED) is 0.232. The lowest BCUT2D eigenvalue weighted by Crippen LogP contribution is -2.30. The molecule has 1 fully saturated rings. The van der Waals surface area contributed by atoms with Gasteiger partial charge < -0.3 is 10.1 Å². The fraction of sp³-hybridized carbons (Fsp3) is 0.0714. The van der Waals surface area contributed by atoms with E-state index < -0.39 is 11.9 Å². The van der Waals surface area contributed by atoms with Gasteiger partial charge in [0.15, 0.2) is 5.75 Å². The van der Waals surface area contributed by atoms with Gasteiger partial charge >= 0.3 is 6.03 Å². The van der Waals surface area contributed by atoms with E-state index in [1.165, 1.54) is 0 Å². The molecule has 0 aliphatic carbocycles. The van der Waals surface area contributed by atoms with Gasteiger partial charge in [0.25, 0.3) is 5.91 Å². The Morgan fingerprint density at radius 3 is 2.31 bits per heavy atom. The molecule has 4 aromatic rings. The number of ether oxygens (including phenoxy) is 1. The van der Waals surface area contributed by atoms with Gasteiger partial charge in [-0.25, -0.2) is 4.79 Å². The van der Waals surface area contributed by atoms with Crippen molar-refractivity contribution in [2.45, 2.75) is 13.2 Å². The van der Waals surface area contributed by atoms with E-state index in [0.29, 0.717) is 28.0 Å². The van der Waals surface area contributed by atoms with Crippen molar-refractivity contribution in [3.05, 3.63) is 117 Å². The number of hydrogen-bond acceptors (Lipinski definition) is 3. The molecule has 1 aliphatic heterocycles. The molecule has 1 heterocycles. The summed E-state index contributed by atoms with van der Waals surface area (Å²) >= 11 is 13.0. The predicted molar refractivity (Wildman–Crippen MR) is 138 cm³/mol. The molecule has 0 bridgehead atoms. The third-order valence-electron chi connectivity index (χ3n) is 5.73. The van der Waals surface area contributed by atoms with E-state index in [4.69, 9.17) is 27.9 Å². The van der Waals surface area contributed by atoms with Crippen molar-refractivity contribution in [3.8, 4) is 5.75 Å². The Morgan fingerprint density at radius 1 is 0.857 bits per heavy atom. The number of amides is 3. The zero-order chi connectivity index (χ0) is 24.4. The number of nitrogens with zero attached hydrogens (tertiary/aromatic N) is 1. The van der Waals surface area contributed by atoms with Crippen molar-refractivity contribution in [2.24, 2.45) is 0 Å². The molecule has 0 saturated carbocycles. The van der Waals surface area contributed by atoms with E-state index >= 15 is 0 Å². The summed E-state index contributed by atoms with van der Waals surface area (Å²) in [6.45, 7) is 0.482. The standard InChI is InChI=1S/C28H20Cl2N2O3/c29-23-13-19(15-25-27(33)32(28(34)31-25)16-18-7-2-1-3-8-18)14-24(30)26(23)35-17-21-11-6-10-20-9-4-5-12-22(20)21/h1-15H,16-17H2,(H,31,34)/b25-15+. The Morgan fingerprint density at radius 2 is 1.54 bits per heavy atom. The van der Waals surface area contributed by atoms with Crippen LogP contribution < -0.4 is 10.1 Å². The van der Waals surface area contributed by atoms with Gasteiger partial charge in [-0.15, -0.1) is 0 Å². The molecule has 1 aliphatic rings. The summed E-state index contributed by atoms with van der Waals surface area (Å²) in [4.78, 5) is 26.3. The van der Waals surface area contributed by atoms with Gasteiger partial charge in [0.05, 0.1) is 16.6 Å². The topological polar surface area (TPSA) is 58.6 Å². The number of nitrogens with one attached hydrogen (secondary N) is 1. The maximum atomic E-state index is 12.8. The number of carbonyl (C=O) groups is 2. The molecule has 35 heavy (non-hydrogen) atoms. The minimum absolute atomic E-state index is 0.155. The lowest BCUT2D eigenvalue weighted by Gasteiger charge is -2.13. The van der Waals surface area contributed by atoms with Crippen LogP contribution in [0.25, 0.3) is 16.8 Å². The van der Waals surface area contributed by atoms with Crippen LogP contribution in [-0.2, 0) is 17.9 Å². The Kier molecular flexibility index (Phi) is 6.45.